The van der Waals surface area contributed by atoms with Crippen molar-refractivity contribution >= 4 is 5.97 Å². The molecule has 1 fully saturated rings. The summed E-state index contributed by atoms with van der Waals surface area (Å²) in [6, 6.07) is 15.6. The molecule has 0 atom stereocenters. The maximum absolute atomic E-state index is 12.3. The molecule has 0 amide bonds. The van der Waals surface area contributed by atoms with Crippen molar-refractivity contribution in [2.24, 2.45) is 5.92 Å². The Hall–Kier alpha value is -3.52. The molecule has 1 aliphatic rings. The third kappa shape index (κ3) is 7.73. The molecule has 0 N–H and O–H groups in total. The minimum Gasteiger partial charge on any atom is -0.423 e. The number of hydrogen-bond acceptors (Lipinski definition) is 5. The van der Waals surface area contributed by atoms with Crippen LogP contribution in [0.15, 0.2) is 60.9 Å². The fourth-order valence-corrected chi connectivity index (χ4v) is 5.21. The lowest BCUT2D eigenvalue weighted by Gasteiger charge is -2.28. The van der Waals surface area contributed by atoms with Gasteiger partial charge in [-0.25, -0.2) is 14.8 Å². The van der Waals surface area contributed by atoms with Gasteiger partial charge in [-0.3, -0.25) is 0 Å². The summed E-state index contributed by atoms with van der Waals surface area (Å²) in [7, 11) is 0. The van der Waals surface area contributed by atoms with Crippen LogP contribution >= 0.6 is 0 Å². The average molecular weight is 496 g/mol. The maximum Gasteiger partial charge on any atom is 0.343 e. The van der Waals surface area contributed by atoms with Crippen molar-refractivity contribution in [2.45, 2.75) is 83.5 Å². The SMILES string of the molecule is CCCCCCCC[C@H]1CC[C@H](c2cnc(-c3ccc(OC(=O)c4ccc(C#N)cc4)cc3)nc2)CC1. The predicted molar refractivity (Wildman–Crippen MR) is 146 cm³/mol. The Balaban J connectivity index is 1.24. The number of aromatic nitrogens is 2. The molecule has 37 heavy (non-hydrogen) atoms. The minimum atomic E-state index is -0.459. The van der Waals surface area contributed by atoms with Crippen molar-refractivity contribution in [1.82, 2.24) is 9.97 Å². The molecule has 1 heterocycles. The number of benzene rings is 2. The Bertz CT molecular complexity index is 1160. The van der Waals surface area contributed by atoms with Gasteiger partial charge >= 0.3 is 5.97 Å². The van der Waals surface area contributed by atoms with Crippen LogP contribution in [-0.2, 0) is 0 Å². The second kappa shape index (κ2) is 13.7. The minimum absolute atomic E-state index is 0.401. The van der Waals surface area contributed by atoms with Crippen LogP contribution in [0.25, 0.3) is 11.4 Å². The summed E-state index contributed by atoms with van der Waals surface area (Å²) in [4.78, 5) is 21.6. The largest absolute Gasteiger partial charge is 0.423 e. The van der Waals surface area contributed by atoms with Crippen molar-refractivity contribution < 1.29 is 9.53 Å². The van der Waals surface area contributed by atoms with E-state index >= 15 is 0 Å². The van der Waals surface area contributed by atoms with Crippen molar-refractivity contribution in [3.63, 3.8) is 0 Å². The molecule has 4 rings (SSSR count). The number of unbranched alkanes of at least 4 members (excludes halogenated alkanes) is 5. The van der Waals surface area contributed by atoms with Crippen LogP contribution in [0.2, 0.25) is 0 Å². The van der Waals surface area contributed by atoms with Crippen LogP contribution in [0, 0.1) is 17.2 Å². The van der Waals surface area contributed by atoms with Gasteiger partial charge in [-0.1, -0.05) is 51.9 Å². The highest BCUT2D eigenvalue weighted by Crippen LogP contribution is 2.37. The lowest BCUT2D eigenvalue weighted by Crippen LogP contribution is -2.14. The second-order valence-electron chi connectivity index (χ2n) is 10.2. The zero-order valence-corrected chi connectivity index (χ0v) is 21.9. The Morgan fingerprint density at radius 1 is 0.892 bits per heavy atom. The third-order valence-corrected chi connectivity index (χ3v) is 7.53. The highest BCUT2D eigenvalue weighted by atomic mass is 16.5. The van der Waals surface area contributed by atoms with E-state index in [1.165, 1.54) is 76.2 Å². The number of nitriles is 1. The van der Waals surface area contributed by atoms with Gasteiger partial charge in [-0.2, -0.15) is 5.26 Å². The molecule has 0 spiro atoms. The van der Waals surface area contributed by atoms with Crippen LogP contribution in [0.5, 0.6) is 5.75 Å². The van der Waals surface area contributed by atoms with E-state index in [2.05, 4.69) is 16.9 Å². The number of esters is 1. The maximum atomic E-state index is 12.3. The average Bonchev–Trinajstić information content (AvgIpc) is 2.96. The molecule has 192 valence electrons. The van der Waals surface area contributed by atoms with E-state index in [-0.39, 0.29) is 0 Å². The fourth-order valence-electron chi connectivity index (χ4n) is 5.21. The summed E-state index contributed by atoms with van der Waals surface area (Å²) in [5, 5.41) is 8.89. The number of ether oxygens (including phenoxy) is 1. The molecular formula is C32H37N3O2. The number of carbonyl (C=O) groups is 1. The third-order valence-electron chi connectivity index (χ3n) is 7.53. The first-order valence-electron chi connectivity index (χ1n) is 13.8. The standard InChI is InChI=1S/C32H37N3O2/c1-2-3-4-5-6-7-8-24-9-13-26(14-10-24)29-22-34-31(35-23-29)27-17-19-30(20-18-27)37-32(36)28-15-11-25(21-33)12-16-28/h11-12,15-20,22-24,26H,2-10,13-14H2,1H3/t24-,26-. The Kier molecular flexibility index (Phi) is 9.82. The smallest absolute Gasteiger partial charge is 0.343 e. The molecule has 1 aliphatic carbocycles. The summed E-state index contributed by atoms with van der Waals surface area (Å²) in [6.45, 7) is 2.27. The van der Waals surface area contributed by atoms with Crippen LogP contribution < -0.4 is 4.74 Å². The van der Waals surface area contributed by atoms with E-state index in [1.807, 2.05) is 30.6 Å². The molecule has 2 aromatic carbocycles. The molecule has 0 aliphatic heterocycles. The molecule has 0 radical (unpaired) electrons. The van der Waals surface area contributed by atoms with Crippen molar-refractivity contribution in [2.75, 3.05) is 0 Å². The van der Waals surface area contributed by atoms with Crippen molar-refractivity contribution in [1.29, 1.82) is 5.26 Å². The zero-order valence-electron chi connectivity index (χ0n) is 21.9. The number of carbonyl (C=O) groups excluding carboxylic acids is 1. The number of rotatable bonds is 11. The lowest BCUT2D eigenvalue weighted by molar-refractivity contribution is 0.0735. The predicted octanol–water partition coefficient (Wildman–Crippen LogP) is 8.26. The summed E-state index contributed by atoms with van der Waals surface area (Å²) < 4.78 is 5.46. The Labute approximate surface area is 220 Å². The number of nitrogens with zero attached hydrogens (tertiary/aromatic N) is 3. The molecule has 3 aromatic rings. The normalized spacial score (nSPS) is 17.2. The summed E-state index contributed by atoms with van der Waals surface area (Å²) >= 11 is 0. The first-order chi connectivity index (χ1) is 18.2. The highest BCUT2D eigenvalue weighted by Gasteiger charge is 2.22. The van der Waals surface area contributed by atoms with Crippen LogP contribution in [0.4, 0.5) is 0 Å². The molecule has 5 nitrogen and oxygen atoms in total. The van der Waals surface area contributed by atoms with Crippen molar-refractivity contribution in [3.05, 3.63) is 77.6 Å². The number of hydrogen-bond donors (Lipinski definition) is 0. The monoisotopic (exact) mass is 495 g/mol. The molecule has 0 unspecified atom stereocenters. The van der Waals surface area contributed by atoms with Crippen LogP contribution in [0.1, 0.15) is 105 Å². The van der Waals surface area contributed by atoms with E-state index in [0.717, 1.165) is 11.5 Å². The molecule has 1 saturated carbocycles. The van der Waals surface area contributed by atoms with E-state index in [4.69, 9.17) is 10.00 Å². The molecule has 1 aromatic heterocycles. The first kappa shape index (κ1) is 26.5. The molecular weight excluding hydrogens is 458 g/mol. The van der Waals surface area contributed by atoms with E-state index < -0.39 is 5.97 Å². The van der Waals surface area contributed by atoms with Crippen LogP contribution in [-0.4, -0.2) is 15.9 Å². The van der Waals surface area contributed by atoms with Gasteiger partial charge in [0.25, 0.3) is 0 Å². The van der Waals surface area contributed by atoms with Gasteiger partial charge in [0.15, 0.2) is 5.82 Å². The quantitative estimate of drug-likeness (QED) is 0.152. The fraction of sp³-hybridized carbons (Fsp3) is 0.438. The Morgan fingerprint density at radius 3 is 2.19 bits per heavy atom. The van der Waals surface area contributed by atoms with Gasteiger partial charge in [0.2, 0.25) is 0 Å². The van der Waals surface area contributed by atoms with Gasteiger partial charge < -0.3 is 4.74 Å². The van der Waals surface area contributed by atoms with Gasteiger partial charge in [0, 0.05) is 18.0 Å². The van der Waals surface area contributed by atoms with Gasteiger partial charge in [0.1, 0.15) is 5.75 Å². The van der Waals surface area contributed by atoms with E-state index in [9.17, 15) is 4.79 Å². The molecule has 5 heteroatoms. The topological polar surface area (TPSA) is 75.9 Å². The van der Waals surface area contributed by atoms with E-state index in [0.29, 0.717) is 28.6 Å². The van der Waals surface area contributed by atoms with Crippen molar-refractivity contribution in [3.8, 4) is 23.2 Å². The van der Waals surface area contributed by atoms with Gasteiger partial charge in [0.05, 0.1) is 17.2 Å². The first-order valence-corrected chi connectivity index (χ1v) is 13.8. The van der Waals surface area contributed by atoms with E-state index in [1.54, 1.807) is 36.4 Å². The second-order valence-corrected chi connectivity index (χ2v) is 10.2. The van der Waals surface area contributed by atoms with Gasteiger partial charge in [-0.05, 0) is 91.6 Å². The lowest BCUT2D eigenvalue weighted by atomic mass is 9.77. The molecule has 0 saturated heterocycles. The molecule has 0 bridgehead atoms. The summed E-state index contributed by atoms with van der Waals surface area (Å²) in [6.07, 6.45) is 18.8. The zero-order chi connectivity index (χ0) is 25.9. The van der Waals surface area contributed by atoms with Gasteiger partial charge in [-0.15, -0.1) is 0 Å². The highest BCUT2D eigenvalue weighted by molar-refractivity contribution is 5.91. The van der Waals surface area contributed by atoms with Crippen LogP contribution in [0.3, 0.4) is 0 Å². The summed E-state index contributed by atoms with van der Waals surface area (Å²) in [5.41, 5.74) is 3.03. The summed E-state index contributed by atoms with van der Waals surface area (Å²) in [5.74, 6) is 2.13. The Morgan fingerprint density at radius 2 is 1.54 bits per heavy atom.